The maximum Gasteiger partial charge on any atom is 0.349 e. The average Bonchev–Trinajstić information content (AvgIpc) is 2.61. The van der Waals surface area contributed by atoms with Crippen LogP contribution in [0.15, 0.2) is 60.3 Å². The zero-order chi connectivity index (χ0) is 21.0. The minimum Gasteiger partial charge on any atom is -0.478 e. The lowest BCUT2D eigenvalue weighted by Gasteiger charge is -2.21. The predicted molar refractivity (Wildman–Crippen MR) is 96.7 cm³/mol. The highest BCUT2D eigenvalue weighted by Gasteiger charge is 2.41. The maximum atomic E-state index is 12.1. The van der Waals surface area contributed by atoms with Crippen LogP contribution >= 0.6 is 0 Å². The molecule has 0 aliphatic heterocycles. The second-order valence-electron chi connectivity index (χ2n) is 4.93. The first-order valence-electron chi connectivity index (χ1n) is 7.85. The van der Waals surface area contributed by atoms with Gasteiger partial charge in [0.2, 0.25) is 12.2 Å². The smallest absolute Gasteiger partial charge is 0.349 e. The second-order valence-corrected chi connectivity index (χ2v) is 4.93. The number of rotatable bonds is 10. The van der Waals surface area contributed by atoms with E-state index in [-0.39, 0.29) is 11.1 Å². The Labute approximate surface area is 156 Å². The number of hydrogen-bond donors (Lipinski definition) is 2. The van der Waals surface area contributed by atoms with Gasteiger partial charge in [-0.2, -0.15) is 0 Å². The monoisotopic (exact) mass is 378 g/mol. The van der Waals surface area contributed by atoms with E-state index >= 15 is 0 Å². The fraction of sp³-hybridized carbons (Fsp3) is 0.263. The van der Waals surface area contributed by atoms with Gasteiger partial charge in [0.05, 0.1) is 11.1 Å². The summed E-state index contributed by atoms with van der Waals surface area (Å²) in [5, 5.41) is 18.5. The Balaban J connectivity index is 5.71. The average molecular weight is 378 g/mol. The van der Waals surface area contributed by atoms with Crippen LogP contribution < -0.4 is 0 Å². The molecular formula is C19H22O8. The number of carbonyl (C=O) groups is 4. The molecule has 0 aliphatic carbocycles. The zero-order valence-electron chi connectivity index (χ0n) is 15.2. The number of hydrogen-bond acceptors (Lipinski definition) is 6. The van der Waals surface area contributed by atoms with Crippen molar-refractivity contribution in [2.24, 2.45) is 0 Å². The first kappa shape index (κ1) is 23.6. The predicted octanol–water partition coefficient (Wildman–Crippen LogP) is 2.19. The van der Waals surface area contributed by atoms with Gasteiger partial charge in [0.15, 0.2) is 0 Å². The molecule has 0 saturated heterocycles. The molecule has 0 saturated carbocycles. The van der Waals surface area contributed by atoms with Crippen molar-refractivity contribution in [1.29, 1.82) is 0 Å². The Kier molecular flexibility index (Phi) is 10.5. The number of ether oxygens (including phenoxy) is 2. The maximum absolute atomic E-state index is 12.1. The number of esters is 2. The molecule has 8 heteroatoms. The van der Waals surface area contributed by atoms with E-state index in [9.17, 15) is 29.4 Å². The first-order valence-corrected chi connectivity index (χ1v) is 7.85. The van der Waals surface area contributed by atoms with Crippen LogP contribution in [0.4, 0.5) is 0 Å². The Hall–Kier alpha value is -3.42. The molecule has 0 unspecified atom stereocenters. The third kappa shape index (κ3) is 7.55. The normalized spacial score (nSPS) is 14.6. The van der Waals surface area contributed by atoms with Crippen LogP contribution in [-0.2, 0) is 28.7 Å². The standard InChI is InChI=1S/C19H22O8/c1-5-9-12(8-4)18(24)26-14(16(20)21)15(17(22)23)27-19(25)13(10-6-2)11-7-3/h5-11,14-15H,2H2,1,3-4H3,(H,20,21)(H,22,23)/b9-5-,11-7-,12-8+,13-10+/t14-,15-/m1/s1. The van der Waals surface area contributed by atoms with Gasteiger partial charge in [-0.1, -0.05) is 43.0 Å². The molecule has 0 aliphatic rings. The first-order chi connectivity index (χ1) is 12.7. The van der Waals surface area contributed by atoms with E-state index in [0.29, 0.717) is 0 Å². The van der Waals surface area contributed by atoms with Crippen molar-refractivity contribution in [2.45, 2.75) is 33.0 Å². The van der Waals surface area contributed by atoms with Crippen molar-refractivity contribution >= 4 is 23.9 Å². The molecule has 0 fully saturated rings. The van der Waals surface area contributed by atoms with Gasteiger partial charge in [0.1, 0.15) is 0 Å². The van der Waals surface area contributed by atoms with Gasteiger partial charge >= 0.3 is 23.9 Å². The molecule has 0 bridgehead atoms. The van der Waals surface area contributed by atoms with Gasteiger partial charge in [-0.15, -0.1) is 0 Å². The lowest BCUT2D eigenvalue weighted by Crippen LogP contribution is -2.46. The quantitative estimate of drug-likeness (QED) is 0.336. The van der Waals surface area contributed by atoms with Crippen molar-refractivity contribution < 1.29 is 38.9 Å². The Bertz CT molecular complexity index is 709. The lowest BCUT2D eigenvalue weighted by molar-refractivity contribution is -0.184. The summed E-state index contributed by atoms with van der Waals surface area (Å²) >= 11 is 0. The molecule has 0 aromatic rings. The summed E-state index contributed by atoms with van der Waals surface area (Å²) < 4.78 is 9.54. The SMILES string of the molecule is C=C/C=C(\C=C/C)C(=O)O[C@@H](C(=O)O)[C@@H](OC(=O)C(/C=C\C)=C/C)C(=O)O. The summed E-state index contributed by atoms with van der Waals surface area (Å²) in [7, 11) is 0. The van der Waals surface area contributed by atoms with Gasteiger partial charge in [0.25, 0.3) is 0 Å². The number of carboxylic acids is 2. The Morgan fingerprint density at radius 1 is 0.815 bits per heavy atom. The van der Waals surface area contributed by atoms with E-state index < -0.39 is 36.1 Å². The minimum atomic E-state index is -2.25. The summed E-state index contributed by atoms with van der Waals surface area (Å²) in [5.41, 5.74) is -0.0438. The molecule has 146 valence electrons. The molecule has 0 radical (unpaired) electrons. The molecule has 0 heterocycles. The van der Waals surface area contributed by atoms with Gasteiger partial charge in [-0.3, -0.25) is 0 Å². The van der Waals surface area contributed by atoms with Crippen molar-refractivity contribution in [3.63, 3.8) is 0 Å². The minimum absolute atomic E-state index is 0.0142. The van der Waals surface area contributed by atoms with Crippen LogP contribution in [0, 0.1) is 0 Å². The van der Waals surface area contributed by atoms with E-state index in [4.69, 9.17) is 9.47 Å². The number of aliphatic carboxylic acids is 2. The van der Waals surface area contributed by atoms with E-state index in [1.807, 2.05) is 0 Å². The summed E-state index contributed by atoms with van der Waals surface area (Å²) in [6.45, 7) is 8.17. The van der Waals surface area contributed by atoms with E-state index in [1.54, 1.807) is 13.8 Å². The number of carboxylic acid groups (broad SMARTS) is 2. The highest BCUT2D eigenvalue weighted by atomic mass is 16.6. The van der Waals surface area contributed by atoms with Crippen LogP contribution in [0.5, 0.6) is 0 Å². The van der Waals surface area contributed by atoms with E-state index in [2.05, 4.69) is 6.58 Å². The van der Waals surface area contributed by atoms with Crippen LogP contribution in [0.25, 0.3) is 0 Å². The Morgan fingerprint density at radius 2 is 1.22 bits per heavy atom. The van der Waals surface area contributed by atoms with Crippen molar-refractivity contribution in [2.75, 3.05) is 0 Å². The molecule has 2 N–H and O–H groups in total. The topological polar surface area (TPSA) is 127 Å². The molecule has 27 heavy (non-hydrogen) atoms. The third-order valence-electron chi connectivity index (χ3n) is 3.00. The third-order valence-corrected chi connectivity index (χ3v) is 3.00. The molecule has 0 spiro atoms. The number of carbonyl (C=O) groups excluding carboxylic acids is 2. The molecule has 0 aromatic heterocycles. The lowest BCUT2D eigenvalue weighted by atomic mass is 10.1. The van der Waals surface area contributed by atoms with Crippen LogP contribution in [0.1, 0.15) is 20.8 Å². The van der Waals surface area contributed by atoms with Crippen molar-refractivity contribution in [3.05, 3.63) is 60.3 Å². The summed E-state index contributed by atoms with van der Waals surface area (Å²) in [6.07, 6.45) is 5.11. The summed E-state index contributed by atoms with van der Waals surface area (Å²) in [5.74, 6) is -5.74. The van der Waals surface area contributed by atoms with Gasteiger partial charge in [-0.05, 0) is 26.8 Å². The van der Waals surface area contributed by atoms with Gasteiger partial charge < -0.3 is 19.7 Å². The Morgan fingerprint density at radius 3 is 1.56 bits per heavy atom. The zero-order valence-corrected chi connectivity index (χ0v) is 15.2. The van der Waals surface area contributed by atoms with E-state index in [0.717, 1.165) is 0 Å². The molecule has 0 amide bonds. The molecule has 2 atom stereocenters. The largest absolute Gasteiger partial charge is 0.478 e. The summed E-state index contributed by atoms with van der Waals surface area (Å²) in [6, 6.07) is 0. The van der Waals surface area contributed by atoms with E-state index in [1.165, 1.54) is 49.5 Å². The highest BCUT2D eigenvalue weighted by Crippen LogP contribution is 2.13. The van der Waals surface area contributed by atoms with Crippen molar-refractivity contribution in [1.82, 2.24) is 0 Å². The highest BCUT2D eigenvalue weighted by molar-refractivity contribution is 5.96. The van der Waals surface area contributed by atoms with Crippen LogP contribution in [-0.4, -0.2) is 46.3 Å². The molecule has 8 nitrogen and oxygen atoms in total. The number of allylic oxidation sites excluding steroid dienone is 5. The molecule has 0 rings (SSSR count). The summed E-state index contributed by atoms with van der Waals surface area (Å²) in [4.78, 5) is 47.1. The van der Waals surface area contributed by atoms with Gasteiger partial charge in [-0.25, -0.2) is 19.2 Å². The second kappa shape index (κ2) is 12.0. The fourth-order valence-electron chi connectivity index (χ4n) is 1.81. The van der Waals surface area contributed by atoms with Crippen LogP contribution in [0.3, 0.4) is 0 Å². The van der Waals surface area contributed by atoms with Crippen molar-refractivity contribution in [3.8, 4) is 0 Å². The van der Waals surface area contributed by atoms with Gasteiger partial charge in [0, 0.05) is 0 Å². The molecule has 0 aromatic carbocycles. The molecular weight excluding hydrogens is 356 g/mol. The fourth-order valence-corrected chi connectivity index (χ4v) is 1.81. The van der Waals surface area contributed by atoms with Crippen LogP contribution in [0.2, 0.25) is 0 Å².